The summed E-state index contributed by atoms with van der Waals surface area (Å²) in [5, 5.41) is 10.0. The highest BCUT2D eigenvalue weighted by Gasteiger charge is 2.08. The Morgan fingerprint density at radius 2 is 2.15 bits per heavy atom. The van der Waals surface area contributed by atoms with Crippen molar-refractivity contribution in [3.8, 4) is 10.8 Å². The van der Waals surface area contributed by atoms with Gasteiger partial charge in [0.1, 0.15) is 11.6 Å². The molecule has 1 aromatic heterocycles. The number of benzene rings is 1. The van der Waals surface area contributed by atoms with Gasteiger partial charge >= 0.3 is 0 Å². The number of aromatic hydroxyl groups is 1. The predicted octanol–water partition coefficient (Wildman–Crippen LogP) is 2.75. The first-order valence-corrected chi connectivity index (χ1v) is 4.48. The van der Waals surface area contributed by atoms with Crippen molar-refractivity contribution in [3.63, 3.8) is 0 Å². The van der Waals surface area contributed by atoms with Gasteiger partial charge in [0.25, 0.3) is 0 Å². The van der Waals surface area contributed by atoms with Crippen LogP contribution in [0.25, 0.3) is 10.1 Å². The first-order chi connectivity index (χ1) is 6.20. The first-order valence-electron chi connectivity index (χ1n) is 3.67. The molecule has 0 aliphatic carbocycles. The third-order valence-corrected chi connectivity index (χ3v) is 2.72. The number of hydrogen-bond acceptors (Lipinski definition) is 3. The van der Waals surface area contributed by atoms with Gasteiger partial charge in [-0.25, -0.2) is 4.39 Å². The maximum absolute atomic E-state index is 12.9. The molecule has 4 heteroatoms. The highest BCUT2D eigenvalue weighted by atomic mass is 32.1. The van der Waals surface area contributed by atoms with Gasteiger partial charge in [0.05, 0.1) is 11.8 Å². The summed E-state index contributed by atoms with van der Waals surface area (Å²) < 4.78 is 18.7. The lowest BCUT2D eigenvalue weighted by Gasteiger charge is -2.00. The molecule has 13 heavy (non-hydrogen) atoms. The van der Waals surface area contributed by atoms with E-state index in [-0.39, 0.29) is 10.9 Å². The fourth-order valence-electron chi connectivity index (χ4n) is 1.22. The molecule has 0 amide bonds. The molecule has 1 N–H and O–H groups in total. The van der Waals surface area contributed by atoms with Crippen molar-refractivity contribution in [1.29, 1.82) is 0 Å². The molecule has 0 saturated carbocycles. The molecule has 68 valence electrons. The summed E-state index contributed by atoms with van der Waals surface area (Å²) in [5.41, 5.74) is 0. The van der Waals surface area contributed by atoms with E-state index in [1.54, 1.807) is 0 Å². The van der Waals surface area contributed by atoms with E-state index in [0.29, 0.717) is 11.1 Å². The topological polar surface area (TPSA) is 29.5 Å². The molecule has 0 bridgehead atoms. The second-order valence-corrected chi connectivity index (χ2v) is 3.64. The Labute approximate surface area is 78.2 Å². The van der Waals surface area contributed by atoms with Crippen molar-refractivity contribution in [2.24, 2.45) is 0 Å². The Balaban J connectivity index is 2.80. The average molecular weight is 198 g/mol. The minimum atomic E-state index is -0.359. The molecule has 0 aliphatic rings. The molecule has 0 fully saturated rings. The van der Waals surface area contributed by atoms with Gasteiger partial charge in [0.15, 0.2) is 5.06 Å². The van der Waals surface area contributed by atoms with Crippen molar-refractivity contribution in [1.82, 2.24) is 0 Å². The van der Waals surface area contributed by atoms with Crippen LogP contribution in [-0.2, 0) is 0 Å². The summed E-state index contributed by atoms with van der Waals surface area (Å²) in [5.74, 6) is 0.0995. The monoisotopic (exact) mass is 198 g/mol. The standard InChI is InChI=1S/C9H7FO2S/c1-12-7-4-6(10)2-5-3-8(11)13-9(5)7/h2-4,11H,1H3. The number of thiophene rings is 1. The van der Waals surface area contributed by atoms with Crippen molar-refractivity contribution < 1.29 is 14.2 Å². The van der Waals surface area contributed by atoms with E-state index in [4.69, 9.17) is 4.74 Å². The van der Waals surface area contributed by atoms with E-state index >= 15 is 0 Å². The third-order valence-electron chi connectivity index (χ3n) is 1.75. The minimum Gasteiger partial charge on any atom is -0.499 e. The smallest absolute Gasteiger partial charge is 0.172 e. The quantitative estimate of drug-likeness (QED) is 0.763. The second-order valence-electron chi connectivity index (χ2n) is 2.61. The van der Waals surface area contributed by atoms with Gasteiger partial charge in [0, 0.05) is 11.5 Å². The van der Waals surface area contributed by atoms with Crippen LogP contribution in [-0.4, -0.2) is 12.2 Å². The van der Waals surface area contributed by atoms with Crippen molar-refractivity contribution in [2.75, 3.05) is 7.11 Å². The van der Waals surface area contributed by atoms with Crippen LogP contribution in [0.1, 0.15) is 0 Å². The SMILES string of the molecule is COc1cc(F)cc2cc(O)sc12. The highest BCUT2D eigenvalue weighted by molar-refractivity contribution is 7.21. The molecular weight excluding hydrogens is 191 g/mol. The molecule has 0 radical (unpaired) electrons. The second kappa shape index (κ2) is 2.88. The number of fused-ring (bicyclic) bond motifs is 1. The molecule has 1 heterocycles. The zero-order chi connectivity index (χ0) is 9.42. The fourth-order valence-corrected chi connectivity index (χ4v) is 2.10. The van der Waals surface area contributed by atoms with Gasteiger partial charge in [0.2, 0.25) is 0 Å². The van der Waals surface area contributed by atoms with Crippen molar-refractivity contribution in [2.45, 2.75) is 0 Å². The molecule has 2 nitrogen and oxygen atoms in total. The van der Waals surface area contributed by atoms with E-state index in [1.165, 1.54) is 36.6 Å². The molecule has 0 atom stereocenters. The number of methoxy groups -OCH3 is 1. The molecule has 0 spiro atoms. The van der Waals surface area contributed by atoms with E-state index in [1.807, 2.05) is 0 Å². The van der Waals surface area contributed by atoms with Gasteiger partial charge < -0.3 is 9.84 Å². The lowest BCUT2D eigenvalue weighted by molar-refractivity contribution is 0.417. The van der Waals surface area contributed by atoms with Crippen LogP contribution in [0.3, 0.4) is 0 Å². The van der Waals surface area contributed by atoms with Gasteiger partial charge in [-0.1, -0.05) is 11.3 Å². The molecule has 1 aromatic carbocycles. The molecule has 2 rings (SSSR count). The van der Waals surface area contributed by atoms with Crippen LogP contribution in [0.2, 0.25) is 0 Å². The lowest BCUT2D eigenvalue weighted by atomic mass is 10.2. The highest BCUT2D eigenvalue weighted by Crippen LogP contribution is 2.37. The molecule has 0 saturated heterocycles. The molecule has 0 unspecified atom stereocenters. The maximum atomic E-state index is 12.9. The minimum absolute atomic E-state index is 0.166. The first kappa shape index (κ1) is 8.31. The molecular formula is C9H7FO2S. The van der Waals surface area contributed by atoms with E-state index in [9.17, 15) is 9.50 Å². The van der Waals surface area contributed by atoms with Gasteiger partial charge in [-0.05, 0) is 12.1 Å². The van der Waals surface area contributed by atoms with Gasteiger partial charge in [-0.15, -0.1) is 0 Å². The van der Waals surface area contributed by atoms with Crippen LogP contribution >= 0.6 is 11.3 Å². The number of rotatable bonds is 1. The summed E-state index contributed by atoms with van der Waals surface area (Å²) in [6.45, 7) is 0. The number of ether oxygens (including phenoxy) is 1. The van der Waals surface area contributed by atoms with Gasteiger partial charge in [-0.3, -0.25) is 0 Å². The number of halogens is 1. The van der Waals surface area contributed by atoms with E-state index < -0.39 is 0 Å². The fraction of sp³-hybridized carbons (Fsp3) is 0.111. The zero-order valence-electron chi connectivity index (χ0n) is 6.87. The van der Waals surface area contributed by atoms with Crippen LogP contribution < -0.4 is 4.74 Å². The molecule has 2 aromatic rings. The summed E-state index contributed by atoms with van der Waals surface area (Å²) in [6.07, 6.45) is 0. The third kappa shape index (κ3) is 1.33. The summed E-state index contributed by atoms with van der Waals surface area (Å²) >= 11 is 1.18. The Bertz CT molecular complexity index is 450. The van der Waals surface area contributed by atoms with E-state index in [2.05, 4.69) is 0 Å². The van der Waals surface area contributed by atoms with Crippen LogP contribution in [0.5, 0.6) is 10.8 Å². The zero-order valence-corrected chi connectivity index (χ0v) is 7.69. The summed E-state index contributed by atoms with van der Waals surface area (Å²) in [4.78, 5) is 0. The van der Waals surface area contributed by atoms with Crippen LogP contribution in [0, 0.1) is 5.82 Å². The Morgan fingerprint density at radius 3 is 2.85 bits per heavy atom. The normalized spacial score (nSPS) is 10.6. The van der Waals surface area contributed by atoms with E-state index in [0.717, 1.165) is 4.70 Å². The Hall–Kier alpha value is -1.29. The summed E-state index contributed by atoms with van der Waals surface area (Å²) in [7, 11) is 1.48. The van der Waals surface area contributed by atoms with Gasteiger partial charge in [-0.2, -0.15) is 0 Å². The van der Waals surface area contributed by atoms with Crippen LogP contribution in [0.15, 0.2) is 18.2 Å². The van der Waals surface area contributed by atoms with Crippen LogP contribution in [0.4, 0.5) is 4.39 Å². The average Bonchev–Trinajstić information content (AvgIpc) is 2.43. The lowest BCUT2D eigenvalue weighted by Crippen LogP contribution is -1.83. The maximum Gasteiger partial charge on any atom is 0.172 e. The summed E-state index contributed by atoms with van der Waals surface area (Å²) in [6, 6.07) is 4.19. The molecule has 0 aliphatic heterocycles. The number of hydrogen-bond donors (Lipinski definition) is 1. The Kier molecular flexibility index (Phi) is 1.84. The van der Waals surface area contributed by atoms with Crippen molar-refractivity contribution in [3.05, 3.63) is 24.0 Å². The Morgan fingerprint density at radius 1 is 1.38 bits per heavy atom. The predicted molar refractivity (Wildman–Crippen MR) is 50.0 cm³/mol. The largest absolute Gasteiger partial charge is 0.499 e. The van der Waals surface area contributed by atoms with Crippen molar-refractivity contribution >= 4 is 21.4 Å².